The highest BCUT2D eigenvalue weighted by atomic mass is 16.6. The first-order valence-corrected chi connectivity index (χ1v) is 9.78. The Bertz CT molecular complexity index is 688. The maximum Gasteiger partial charge on any atom is 0.410 e. The van der Waals surface area contributed by atoms with Gasteiger partial charge in [0.1, 0.15) is 12.6 Å². The van der Waals surface area contributed by atoms with E-state index in [0.29, 0.717) is 45.8 Å². The Balaban J connectivity index is 1.51. The number of hydrogen-bond acceptors (Lipinski definition) is 5. The highest BCUT2D eigenvalue weighted by Gasteiger charge is 2.38. The molecule has 2 heterocycles. The van der Waals surface area contributed by atoms with Crippen molar-refractivity contribution in [3.05, 3.63) is 35.9 Å². The van der Waals surface area contributed by atoms with Gasteiger partial charge in [0.25, 0.3) is 0 Å². The molecule has 1 unspecified atom stereocenters. The molecule has 0 saturated carbocycles. The zero-order chi connectivity index (χ0) is 19.9. The summed E-state index contributed by atoms with van der Waals surface area (Å²) in [5, 5.41) is 0. The summed E-state index contributed by atoms with van der Waals surface area (Å²) in [7, 11) is 0. The van der Waals surface area contributed by atoms with Crippen LogP contribution >= 0.6 is 0 Å². The molecule has 1 aromatic rings. The minimum atomic E-state index is -0.489. The van der Waals surface area contributed by atoms with Crippen LogP contribution in [-0.2, 0) is 20.9 Å². The van der Waals surface area contributed by atoms with E-state index >= 15 is 0 Å². The molecule has 1 atom stereocenters. The van der Waals surface area contributed by atoms with Crippen molar-refractivity contribution in [1.82, 2.24) is 14.7 Å². The Morgan fingerprint density at radius 2 is 1.61 bits per heavy atom. The quantitative estimate of drug-likeness (QED) is 0.788. The van der Waals surface area contributed by atoms with Gasteiger partial charge in [0.2, 0.25) is 5.91 Å². The van der Waals surface area contributed by atoms with Crippen molar-refractivity contribution in [2.45, 2.75) is 32.4 Å². The molecule has 2 saturated heterocycles. The molecule has 2 fully saturated rings. The van der Waals surface area contributed by atoms with Crippen LogP contribution in [0.1, 0.15) is 25.3 Å². The van der Waals surface area contributed by atoms with E-state index in [9.17, 15) is 14.4 Å². The number of hydrogen-bond donors (Lipinski definition) is 0. The van der Waals surface area contributed by atoms with Gasteiger partial charge in [0.05, 0.1) is 6.61 Å². The summed E-state index contributed by atoms with van der Waals surface area (Å²) in [4.78, 5) is 42.1. The van der Waals surface area contributed by atoms with Crippen LogP contribution in [0.15, 0.2) is 30.3 Å². The number of likely N-dealkylation sites (tertiary alicyclic amines) is 1. The lowest BCUT2D eigenvalue weighted by Crippen LogP contribution is -2.55. The fourth-order valence-corrected chi connectivity index (χ4v) is 3.58. The van der Waals surface area contributed by atoms with E-state index in [-0.39, 0.29) is 18.6 Å². The highest BCUT2D eigenvalue weighted by Crippen LogP contribution is 2.21. The summed E-state index contributed by atoms with van der Waals surface area (Å²) in [6, 6.07) is 8.98. The first kappa shape index (κ1) is 20.0. The standard InChI is InChI=1S/C20H27N3O5/c1-2-27-19(25)22-13-11-21(12-14-22)18(24)17-9-6-10-23(17)20(26)28-15-16-7-4-3-5-8-16/h3-5,7-8,17H,2,6,9-15H2,1H3. The molecule has 0 bridgehead atoms. The predicted molar refractivity (Wildman–Crippen MR) is 102 cm³/mol. The third-order valence-corrected chi connectivity index (χ3v) is 5.09. The topological polar surface area (TPSA) is 79.4 Å². The monoisotopic (exact) mass is 389 g/mol. The molecule has 8 heteroatoms. The third kappa shape index (κ3) is 4.74. The van der Waals surface area contributed by atoms with Crippen LogP contribution < -0.4 is 0 Å². The van der Waals surface area contributed by atoms with Crippen molar-refractivity contribution >= 4 is 18.1 Å². The molecule has 0 aromatic heterocycles. The lowest BCUT2D eigenvalue weighted by Gasteiger charge is -2.36. The van der Waals surface area contributed by atoms with Crippen LogP contribution in [0, 0.1) is 0 Å². The molecule has 2 aliphatic heterocycles. The second kappa shape index (κ2) is 9.43. The third-order valence-electron chi connectivity index (χ3n) is 5.09. The molecule has 2 aliphatic rings. The number of ether oxygens (including phenoxy) is 2. The zero-order valence-corrected chi connectivity index (χ0v) is 16.2. The summed E-state index contributed by atoms with van der Waals surface area (Å²) in [6.45, 7) is 4.58. The number of nitrogens with zero attached hydrogens (tertiary/aromatic N) is 3. The van der Waals surface area contributed by atoms with Gasteiger partial charge in [-0.15, -0.1) is 0 Å². The molecule has 0 N–H and O–H groups in total. The Morgan fingerprint density at radius 3 is 2.29 bits per heavy atom. The fraction of sp³-hybridized carbons (Fsp3) is 0.550. The van der Waals surface area contributed by atoms with E-state index < -0.39 is 12.1 Å². The molecule has 0 aliphatic carbocycles. The minimum Gasteiger partial charge on any atom is -0.450 e. The highest BCUT2D eigenvalue weighted by molar-refractivity contribution is 5.86. The zero-order valence-electron chi connectivity index (χ0n) is 16.2. The Kier molecular flexibility index (Phi) is 6.73. The van der Waals surface area contributed by atoms with Gasteiger partial charge >= 0.3 is 12.2 Å². The predicted octanol–water partition coefficient (Wildman–Crippen LogP) is 2.09. The second-order valence-electron chi connectivity index (χ2n) is 6.90. The number of benzene rings is 1. The van der Waals surface area contributed by atoms with Crippen LogP contribution in [0.4, 0.5) is 9.59 Å². The molecule has 152 valence electrons. The summed E-state index contributed by atoms with van der Waals surface area (Å²) in [5.74, 6) is -0.0716. The van der Waals surface area contributed by atoms with Gasteiger partial charge < -0.3 is 19.3 Å². The van der Waals surface area contributed by atoms with Gasteiger partial charge in [0.15, 0.2) is 0 Å². The summed E-state index contributed by atoms with van der Waals surface area (Å²) in [6.07, 6.45) is 0.614. The molecule has 28 heavy (non-hydrogen) atoms. The van der Waals surface area contributed by atoms with Crippen LogP contribution in [0.3, 0.4) is 0 Å². The molecule has 3 rings (SSSR count). The molecular weight excluding hydrogens is 362 g/mol. The van der Waals surface area contributed by atoms with E-state index in [1.54, 1.807) is 16.7 Å². The van der Waals surface area contributed by atoms with Gasteiger partial charge in [-0.1, -0.05) is 30.3 Å². The van der Waals surface area contributed by atoms with Gasteiger partial charge in [-0.2, -0.15) is 0 Å². The maximum absolute atomic E-state index is 12.9. The lowest BCUT2D eigenvalue weighted by atomic mass is 10.1. The molecule has 1 aromatic carbocycles. The number of rotatable bonds is 4. The van der Waals surface area contributed by atoms with Gasteiger partial charge in [-0.25, -0.2) is 9.59 Å². The second-order valence-corrected chi connectivity index (χ2v) is 6.90. The number of piperazine rings is 1. The number of amides is 3. The molecular formula is C20H27N3O5. The van der Waals surface area contributed by atoms with E-state index in [4.69, 9.17) is 9.47 Å². The first-order chi connectivity index (χ1) is 13.6. The van der Waals surface area contributed by atoms with Crippen LogP contribution in [0.25, 0.3) is 0 Å². The Morgan fingerprint density at radius 1 is 0.929 bits per heavy atom. The summed E-state index contributed by atoms with van der Waals surface area (Å²) >= 11 is 0. The minimum absolute atomic E-state index is 0.0716. The van der Waals surface area contributed by atoms with Crippen LogP contribution in [0.2, 0.25) is 0 Å². The van der Waals surface area contributed by atoms with E-state index in [1.807, 2.05) is 30.3 Å². The van der Waals surface area contributed by atoms with Crippen molar-refractivity contribution in [3.8, 4) is 0 Å². The Hall–Kier alpha value is -2.77. The number of carbonyl (C=O) groups excluding carboxylic acids is 3. The van der Waals surface area contributed by atoms with Crippen molar-refractivity contribution in [2.75, 3.05) is 39.3 Å². The van der Waals surface area contributed by atoms with Crippen LogP contribution in [0.5, 0.6) is 0 Å². The van der Waals surface area contributed by atoms with E-state index in [0.717, 1.165) is 12.0 Å². The van der Waals surface area contributed by atoms with E-state index in [1.165, 1.54) is 4.90 Å². The molecule has 3 amide bonds. The van der Waals surface area contributed by atoms with Crippen molar-refractivity contribution in [1.29, 1.82) is 0 Å². The SMILES string of the molecule is CCOC(=O)N1CCN(C(=O)C2CCCN2C(=O)OCc2ccccc2)CC1. The largest absolute Gasteiger partial charge is 0.450 e. The number of carbonyl (C=O) groups is 3. The van der Waals surface area contributed by atoms with Crippen molar-refractivity contribution in [3.63, 3.8) is 0 Å². The average molecular weight is 389 g/mol. The molecule has 0 spiro atoms. The first-order valence-electron chi connectivity index (χ1n) is 9.78. The van der Waals surface area contributed by atoms with Gasteiger partial charge in [-0.05, 0) is 25.3 Å². The lowest BCUT2D eigenvalue weighted by molar-refractivity contribution is -0.137. The van der Waals surface area contributed by atoms with Crippen molar-refractivity contribution < 1.29 is 23.9 Å². The normalized spacial score (nSPS) is 19.5. The maximum atomic E-state index is 12.9. The van der Waals surface area contributed by atoms with Crippen LogP contribution in [-0.4, -0.2) is 78.2 Å². The van der Waals surface area contributed by atoms with Crippen molar-refractivity contribution in [2.24, 2.45) is 0 Å². The summed E-state index contributed by atoms with van der Waals surface area (Å²) < 4.78 is 10.4. The van der Waals surface area contributed by atoms with Gasteiger partial charge in [0, 0.05) is 32.7 Å². The van der Waals surface area contributed by atoms with E-state index in [2.05, 4.69) is 0 Å². The Labute approximate surface area is 165 Å². The molecule has 8 nitrogen and oxygen atoms in total. The van der Waals surface area contributed by atoms with Gasteiger partial charge in [-0.3, -0.25) is 9.69 Å². The summed E-state index contributed by atoms with van der Waals surface area (Å²) in [5.41, 5.74) is 0.910. The smallest absolute Gasteiger partial charge is 0.410 e. The fourth-order valence-electron chi connectivity index (χ4n) is 3.58. The molecule has 0 radical (unpaired) electrons. The average Bonchev–Trinajstić information content (AvgIpc) is 3.22.